The van der Waals surface area contributed by atoms with Gasteiger partial charge in [0.2, 0.25) is 0 Å². The van der Waals surface area contributed by atoms with E-state index in [1.807, 2.05) is 6.07 Å². The first-order valence-electron chi connectivity index (χ1n) is 8.89. The molecule has 27 heavy (non-hydrogen) atoms. The zero-order valence-corrected chi connectivity index (χ0v) is 16.1. The molecule has 1 aliphatic heterocycles. The van der Waals surface area contributed by atoms with E-state index in [-0.39, 0.29) is 17.9 Å². The molecule has 140 valence electrons. The largest absolute Gasteiger partial charge is 0.396 e. The molecule has 2 aromatic heterocycles. The van der Waals surface area contributed by atoms with Gasteiger partial charge in [0.25, 0.3) is 5.91 Å². The zero-order valence-electron chi connectivity index (χ0n) is 15.3. The summed E-state index contributed by atoms with van der Waals surface area (Å²) < 4.78 is 0. The molecule has 0 aliphatic carbocycles. The van der Waals surface area contributed by atoms with Gasteiger partial charge >= 0.3 is 0 Å². The lowest BCUT2D eigenvalue weighted by molar-refractivity contribution is 0.0951. The third kappa shape index (κ3) is 3.15. The molecule has 0 radical (unpaired) electrons. The number of amides is 1. The van der Waals surface area contributed by atoms with Crippen molar-refractivity contribution in [1.82, 2.24) is 20.3 Å². The van der Waals surface area contributed by atoms with E-state index in [4.69, 9.17) is 5.11 Å². The van der Waals surface area contributed by atoms with E-state index in [1.165, 1.54) is 23.2 Å². The molecule has 0 spiro atoms. The fourth-order valence-electron chi connectivity index (χ4n) is 3.43. The number of para-hydroxylation sites is 1. The van der Waals surface area contributed by atoms with Crippen molar-refractivity contribution in [2.45, 2.75) is 25.7 Å². The highest BCUT2D eigenvalue weighted by atomic mass is 32.1. The van der Waals surface area contributed by atoms with Gasteiger partial charge in [-0.2, -0.15) is 0 Å². The van der Waals surface area contributed by atoms with E-state index in [1.54, 1.807) is 0 Å². The van der Waals surface area contributed by atoms with Crippen molar-refractivity contribution >= 4 is 39.1 Å². The summed E-state index contributed by atoms with van der Waals surface area (Å²) in [5.74, 6) is 0.475. The Morgan fingerprint density at radius 3 is 2.96 bits per heavy atom. The van der Waals surface area contributed by atoms with Gasteiger partial charge in [0, 0.05) is 30.8 Å². The van der Waals surface area contributed by atoms with E-state index in [0.29, 0.717) is 28.3 Å². The lowest BCUT2D eigenvalue weighted by Crippen LogP contribution is -2.26. The Bertz CT molecular complexity index is 1000. The number of benzene rings is 1. The third-order valence-corrected chi connectivity index (χ3v) is 5.69. The zero-order chi connectivity index (χ0) is 19.0. The number of anilines is 2. The summed E-state index contributed by atoms with van der Waals surface area (Å²) in [5, 5.41) is 12.0. The van der Waals surface area contributed by atoms with Gasteiger partial charge in [-0.1, -0.05) is 43.4 Å². The van der Waals surface area contributed by atoms with Gasteiger partial charge in [0.1, 0.15) is 16.7 Å². The molecule has 0 atom stereocenters. The van der Waals surface area contributed by atoms with Crippen molar-refractivity contribution in [3.8, 4) is 0 Å². The topological polar surface area (TPSA) is 91.2 Å². The predicted octanol–water partition coefficient (Wildman–Crippen LogP) is 2.63. The second-order valence-electron chi connectivity index (χ2n) is 7.19. The van der Waals surface area contributed by atoms with Gasteiger partial charge in [-0.05, 0) is 18.1 Å². The first-order valence-corrected chi connectivity index (χ1v) is 9.70. The number of rotatable bonds is 5. The van der Waals surface area contributed by atoms with Crippen LogP contribution in [0.3, 0.4) is 0 Å². The second kappa shape index (κ2) is 6.86. The summed E-state index contributed by atoms with van der Waals surface area (Å²) >= 11 is 1.25. The number of fused-ring (bicyclic) bond motifs is 2. The van der Waals surface area contributed by atoms with Crippen molar-refractivity contribution < 1.29 is 9.90 Å². The number of aromatic nitrogens is 3. The Balaban J connectivity index is 1.73. The van der Waals surface area contributed by atoms with Crippen LogP contribution in [0.2, 0.25) is 0 Å². The van der Waals surface area contributed by atoms with Gasteiger partial charge in [0.15, 0.2) is 10.8 Å². The monoisotopic (exact) mass is 383 g/mol. The first-order chi connectivity index (χ1) is 13.0. The van der Waals surface area contributed by atoms with Gasteiger partial charge in [-0.25, -0.2) is 15.0 Å². The maximum Gasteiger partial charge on any atom is 0.280 e. The molecule has 4 rings (SSSR count). The van der Waals surface area contributed by atoms with Crippen molar-refractivity contribution in [2.24, 2.45) is 0 Å². The average Bonchev–Trinajstić information content (AvgIpc) is 3.21. The van der Waals surface area contributed by atoms with Crippen molar-refractivity contribution in [3.05, 3.63) is 41.2 Å². The highest BCUT2D eigenvalue weighted by molar-refractivity contribution is 7.19. The van der Waals surface area contributed by atoms with Crippen LogP contribution in [0.4, 0.5) is 11.5 Å². The summed E-state index contributed by atoms with van der Waals surface area (Å²) in [6.45, 7) is 5.67. The maximum absolute atomic E-state index is 12.3. The van der Waals surface area contributed by atoms with E-state index >= 15 is 0 Å². The number of hydrogen-bond donors (Lipinski definition) is 2. The summed E-state index contributed by atoms with van der Waals surface area (Å²) in [6.07, 6.45) is 2.04. The summed E-state index contributed by atoms with van der Waals surface area (Å²) in [5.41, 5.74) is 3.02. The van der Waals surface area contributed by atoms with Gasteiger partial charge in [0.05, 0.1) is 0 Å². The quantitative estimate of drug-likeness (QED) is 0.658. The van der Waals surface area contributed by atoms with Crippen LogP contribution < -0.4 is 10.2 Å². The van der Waals surface area contributed by atoms with Gasteiger partial charge < -0.3 is 15.3 Å². The van der Waals surface area contributed by atoms with Gasteiger partial charge in [-0.15, -0.1) is 0 Å². The Hall–Kier alpha value is -2.58. The van der Waals surface area contributed by atoms with Crippen molar-refractivity contribution in [1.29, 1.82) is 0 Å². The molecule has 0 bridgehead atoms. The Morgan fingerprint density at radius 1 is 1.33 bits per heavy atom. The van der Waals surface area contributed by atoms with Crippen LogP contribution in [0, 0.1) is 0 Å². The van der Waals surface area contributed by atoms with Crippen LogP contribution in [0.25, 0.3) is 10.3 Å². The Kier molecular flexibility index (Phi) is 4.53. The molecule has 3 heterocycles. The number of carbonyl (C=O) groups is 1. The molecule has 3 aromatic rings. The van der Waals surface area contributed by atoms with E-state index < -0.39 is 0 Å². The van der Waals surface area contributed by atoms with Crippen LogP contribution in [0.1, 0.15) is 35.6 Å². The minimum absolute atomic E-state index is 0.00557. The predicted molar refractivity (Wildman–Crippen MR) is 106 cm³/mol. The molecule has 0 saturated heterocycles. The highest BCUT2D eigenvalue weighted by Gasteiger charge is 2.37. The Labute approximate surface area is 161 Å². The molecular weight excluding hydrogens is 362 g/mol. The standard InChI is InChI=1S/C19H21N5O2S/c1-19(2)10-24(13-7-4-3-6-12(13)19)15-14-17(22-11-21-15)27-18(23-14)16(26)20-8-5-9-25/h3-4,6-7,11,25H,5,8-10H2,1-2H3,(H,20,26). The number of nitrogens with zero attached hydrogens (tertiary/aromatic N) is 4. The van der Waals surface area contributed by atoms with Crippen LogP contribution in [0.5, 0.6) is 0 Å². The second-order valence-corrected chi connectivity index (χ2v) is 8.17. The SMILES string of the molecule is CC1(C)CN(c2ncnc3sc(C(=O)NCCCO)nc23)c2ccccc21. The van der Waals surface area contributed by atoms with Gasteiger partial charge in [-0.3, -0.25) is 4.79 Å². The minimum atomic E-state index is -0.250. The number of aliphatic hydroxyl groups is 1. The summed E-state index contributed by atoms with van der Waals surface area (Å²) in [4.78, 5) is 28.5. The molecule has 1 aromatic carbocycles. The average molecular weight is 383 g/mol. The number of thiazole rings is 1. The van der Waals surface area contributed by atoms with E-state index in [9.17, 15) is 4.79 Å². The van der Waals surface area contributed by atoms with Crippen LogP contribution in [-0.4, -0.2) is 45.7 Å². The highest BCUT2D eigenvalue weighted by Crippen LogP contribution is 2.44. The molecular formula is C19H21N5O2S. The Morgan fingerprint density at radius 2 is 2.15 bits per heavy atom. The molecule has 1 aliphatic rings. The summed E-state index contributed by atoms with van der Waals surface area (Å²) in [6, 6.07) is 8.31. The molecule has 0 unspecified atom stereocenters. The number of carbonyl (C=O) groups excluding carboxylic acids is 1. The molecule has 1 amide bonds. The molecule has 0 saturated carbocycles. The normalized spacial score (nSPS) is 15.1. The molecule has 0 fully saturated rings. The third-order valence-electron chi connectivity index (χ3n) is 4.72. The van der Waals surface area contributed by atoms with E-state index in [2.05, 4.69) is 57.2 Å². The van der Waals surface area contributed by atoms with Crippen molar-refractivity contribution in [3.63, 3.8) is 0 Å². The minimum Gasteiger partial charge on any atom is -0.396 e. The van der Waals surface area contributed by atoms with Crippen LogP contribution in [-0.2, 0) is 5.41 Å². The molecule has 8 heteroatoms. The molecule has 2 N–H and O–H groups in total. The maximum atomic E-state index is 12.3. The van der Waals surface area contributed by atoms with Crippen molar-refractivity contribution in [2.75, 3.05) is 24.6 Å². The summed E-state index contributed by atoms with van der Waals surface area (Å²) in [7, 11) is 0. The molecule has 7 nitrogen and oxygen atoms in total. The first kappa shape index (κ1) is 17.8. The fourth-order valence-corrected chi connectivity index (χ4v) is 4.25. The van der Waals surface area contributed by atoms with Crippen LogP contribution in [0.15, 0.2) is 30.6 Å². The number of nitrogens with one attached hydrogen (secondary N) is 1. The lowest BCUT2D eigenvalue weighted by atomic mass is 9.87. The number of aliphatic hydroxyl groups excluding tert-OH is 1. The lowest BCUT2D eigenvalue weighted by Gasteiger charge is -2.21. The fraction of sp³-hybridized carbons (Fsp3) is 0.368. The smallest absolute Gasteiger partial charge is 0.280 e. The van der Waals surface area contributed by atoms with Crippen LogP contribution >= 0.6 is 11.3 Å². The number of hydrogen-bond acceptors (Lipinski definition) is 7. The van der Waals surface area contributed by atoms with E-state index in [0.717, 1.165) is 18.1 Å².